The molecule has 1 unspecified atom stereocenters. The van der Waals surface area contributed by atoms with Gasteiger partial charge in [0.1, 0.15) is 0 Å². The first-order chi connectivity index (χ1) is 7.85. The first-order valence-corrected chi connectivity index (χ1v) is 6.22. The van der Waals surface area contributed by atoms with E-state index in [9.17, 15) is 0 Å². The van der Waals surface area contributed by atoms with E-state index in [4.69, 9.17) is 4.74 Å². The summed E-state index contributed by atoms with van der Waals surface area (Å²) >= 11 is 0. The minimum absolute atomic E-state index is 0.0904. The Morgan fingerprint density at radius 2 is 1.88 bits per heavy atom. The highest BCUT2D eigenvalue weighted by Gasteiger charge is 2.17. The van der Waals surface area contributed by atoms with Gasteiger partial charge in [0.15, 0.2) is 0 Å². The van der Waals surface area contributed by atoms with Crippen molar-refractivity contribution in [3.63, 3.8) is 0 Å². The maximum atomic E-state index is 5.87. The van der Waals surface area contributed by atoms with Crippen LogP contribution in [0, 0.1) is 13.8 Å². The maximum Gasteiger partial charge on any atom is 0.0668 e. The van der Waals surface area contributed by atoms with Crippen molar-refractivity contribution in [2.75, 3.05) is 13.7 Å². The normalized spacial score (nSPS) is 13.8. The van der Waals surface area contributed by atoms with Gasteiger partial charge in [-0.05, 0) is 58.4 Å². The number of likely N-dealkylation sites (N-methyl/N-ethyl adjacent to an activating group) is 1. The Bertz CT molecular complexity index is 366. The number of ether oxygens (including phenoxy) is 1. The molecule has 17 heavy (non-hydrogen) atoms. The molecule has 1 N–H and O–H groups in total. The van der Waals surface area contributed by atoms with Gasteiger partial charge in [0.2, 0.25) is 0 Å². The molecule has 0 saturated heterocycles. The quantitative estimate of drug-likeness (QED) is 0.864. The molecule has 0 aliphatic carbocycles. The summed E-state index contributed by atoms with van der Waals surface area (Å²) in [5, 5.41) is 3.33. The fourth-order valence-corrected chi connectivity index (χ4v) is 1.81. The topological polar surface area (TPSA) is 21.3 Å². The predicted molar refractivity (Wildman–Crippen MR) is 73.4 cm³/mol. The highest BCUT2D eigenvalue weighted by atomic mass is 16.5. The standard InChI is InChI=1S/C15H25NO/c1-11-8-7-9-13(12(11)2)14(16-6)10-17-15(3,4)5/h7-9,14,16H,10H2,1-6H3. The van der Waals surface area contributed by atoms with E-state index < -0.39 is 0 Å². The summed E-state index contributed by atoms with van der Waals surface area (Å²) in [7, 11) is 1.98. The van der Waals surface area contributed by atoms with Crippen molar-refractivity contribution >= 4 is 0 Å². The van der Waals surface area contributed by atoms with Crippen LogP contribution >= 0.6 is 0 Å². The van der Waals surface area contributed by atoms with Crippen LogP contribution in [0.3, 0.4) is 0 Å². The zero-order valence-corrected chi connectivity index (χ0v) is 11.9. The van der Waals surface area contributed by atoms with E-state index >= 15 is 0 Å². The van der Waals surface area contributed by atoms with Gasteiger partial charge in [0.25, 0.3) is 0 Å². The highest BCUT2D eigenvalue weighted by Crippen LogP contribution is 2.22. The van der Waals surface area contributed by atoms with E-state index in [2.05, 4.69) is 58.1 Å². The van der Waals surface area contributed by atoms with Crippen LogP contribution in [0.4, 0.5) is 0 Å². The summed E-state index contributed by atoms with van der Waals surface area (Å²) in [6.07, 6.45) is 0. The molecule has 96 valence electrons. The average molecular weight is 235 g/mol. The van der Waals surface area contributed by atoms with Crippen molar-refractivity contribution in [1.82, 2.24) is 5.32 Å². The molecule has 0 saturated carbocycles. The summed E-state index contributed by atoms with van der Waals surface area (Å²) in [6.45, 7) is 11.3. The monoisotopic (exact) mass is 235 g/mol. The zero-order valence-electron chi connectivity index (χ0n) is 11.9. The van der Waals surface area contributed by atoms with Gasteiger partial charge >= 0.3 is 0 Å². The number of hydrogen-bond acceptors (Lipinski definition) is 2. The largest absolute Gasteiger partial charge is 0.374 e. The third-order valence-corrected chi connectivity index (χ3v) is 3.05. The SMILES string of the molecule is CNC(COC(C)(C)C)c1cccc(C)c1C. The molecule has 1 aromatic carbocycles. The lowest BCUT2D eigenvalue weighted by Gasteiger charge is -2.25. The molecule has 0 radical (unpaired) electrons. The Hall–Kier alpha value is -0.860. The third-order valence-electron chi connectivity index (χ3n) is 3.05. The van der Waals surface area contributed by atoms with Gasteiger partial charge in [-0.3, -0.25) is 0 Å². The van der Waals surface area contributed by atoms with E-state index in [0.717, 1.165) is 0 Å². The van der Waals surface area contributed by atoms with Gasteiger partial charge in [-0.2, -0.15) is 0 Å². The molecule has 1 aromatic rings. The number of benzene rings is 1. The molecule has 1 atom stereocenters. The Kier molecular flexibility index (Phi) is 4.72. The molecule has 0 aliphatic rings. The van der Waals surface area contributed by atoms with Crippen LogP contribution in [0.25, 0.3) is 0 Å². The van der Waals surface area contributed by atoms with Gasteiger partial charge < -0.3 is 10.1 Å². The van der Waals surface area contributed by atoms with E-state index in [-0.39, 0.29) is 11.6 Å². The van der Waals surface area contributed by atoms with Crippen LogP contribution in [-0.2, 0) is 4.74 Å². The maximum absolute atomic E-state index is 5.87. The minimum atomic E-state index is -0.0904. The lowest BCUT2D eigenvalue weighted by molar-refractivity contribution is -0.0140. The van der Waals surface area contributed by atoms with Crippen LogP contribution in [-0.4, -0.2) is 19.3 Å². The lowest BCUT2D eigenvalue weighted by Crippen LogP contribution is -2.28. The molecule has 0 aromatic heterocycles. The predicted octanol–water partition coefficient (Wildman–Crippen LogP) is 3.38. The second kappa shape index (κ2) is 5.65. The lowest BCUT2D eigenvalue weighted by atomic mass is 9.98. The molecule has 2 heteroatoms. The van der Waals surface area contributed by atoms with Crippen molar-refractivity contribution in [3.05, 3.63) is 34.9 Å². The number of hydrogen-bond donors (Lipinski definition) is 1. The highest BCUT2D eigenvalue weighted by molar-refractivity contribution is 5.35. The molecule has 0 spiro atoms. The molecule has 2 nitrogen and oxygen atoms in total. The molecule has 0 bridgehead atoms. The minimum Gasteiger partial charge on any atom is -0.374 e. The summed E-state index contributed by atoms with van der Waals surface area (Å²) in [6, 6.07) is 6.69. The molecule has 0 heterocycles. The van der Waals surface area contributed by atoms with Crippen LogP contribution in [0.5, 0.6) is 0 Å². The van der Waals surface area contributed by atoms with Crippen LogP contribution in [0.2, 0.25) is 0 Å². The fraction of sp³-hybridized carbons (Fsp3) is 0.600. The third kappa shape index (κ3) is 4.14. The van der Waals surface area contributed by atoms with Crippen molar-refractivity contribution in [2.45, 2.75) is 46.3 Å². The average Bonchev–Trinajstić information content (AvgIpc) is 2.23. The van der Waals surface area contributed by atoms with Crippen molar-refractivity contribution < 1.29 is 4.74 Å². The van der Waals surface area contributed by atoms with Crippen molar-refractivity contribution in [1.29, 1.82) is 0 Å². The van der Waals surface area contributed by atoms with Crippen LogP contribution in [0.15, 0.2) is 18.2 Å². The van der Waals surface area contributed by atoms with E-state index in [1.807, 2.05) is 7.05 Å². The van der Waals surface area contributed by atoms with E-state index in [1.165, 1.54) is 16.7 Å². The number of aryl methyl sites for hydroxylation is 1. The molecular formula is C15H25NO. The molecular weight excluding hydrogens is 210 g/mol. The van der Waals surface area contributed by atoms with Gasteiger partial charge in [0, 0.05) is 0 Å². The molecule has 0 amide bonds. The Morgan fingerprint density at radius 1 is 1.24 bits per heavy atom. The number of nitrogens with one attached hydrogen (secondary N) is 1. The first-order valence-electron chi connectivity index (χ1n) is 6.22. The van der Waals surface area contributed by atoms with Gasteiger partial charge in [-0.1, -0.05) is 18.2 Å². The molecule has 0 aliphatic heterocycles. The summed E-state index contributed by atoms with van der Waals surface area (Å²) in [4.78, 5) is 0. The zero-order chi connectivity index (χ0) is 13.1. The van der Waals surface area contributed by atoms with Gasteiger partial charge in [-0.15, -0.1) is 0 Å². The second-order valence-corrected chi connectivity index (χ2v) is 5.55. The Morgan fingerprint density at radius 3 is 2.41 bits per heavy atom. The van der Waals surface area contributed by atoms with E-state index in [1.54, 1.807) is 0 Å². The van der Waals surface area contributed by atoms with Crippen LogP contribution < -0.4 is 5.32 Å². The van der Waals surface area contributed by atoms with E-state index in [0.29, 0.717) is 6.61 Å². The summed E-state index contributed by atoms with van der Waals surface area (Å²) in [5.74, 6) is 0. The smallest absolute Gasteiger partial charge is 0.0668 e. The Labute approximate surface area is 105 Å². The molecule has 0 fully saturated rings. The first kappa shape index (κ1) is 14.2. The van der Waals surface area contributed by atoms with Gasteiger partial charge in [-0.25, -0.2) is 0 Å². The van der Waals surface area contributed by atoms with Crippen molar-refractivity contribution in [2.24, 2.45) is 0 Å². The number of rotatable bonds is 4. The van der Waals surface area contributed by atoms with Crippen LogP contribution in [0.1, 0.15) is 43.5 Å². The summed E-state index contributed by atoms with van der Waals surface area (Å²) in [5.41, 5.74) is 3.92. The molecule has 1 rings (SSSR count). The Balaban J connectivity index is 2.83. The van der Waals surface area contributed by atoms with Gasteiger partial charge in [0.05, 0.1) is 18.2 Å². The fourth-order valence-electron chi connectivity index (χ4n) is 1.81. The second-order valence-electron chi connectivity index (χ2n) is 5.55. The van der Waals surface area contributed by atoms with Crippen molar-refractivity contribution in [3.8, 4) is 0 Å². The summed E-state index contributed by atoms with van der Waals surface area (Å²) < 4.78 is 5.87.